The third-order valence-electron chi connectivity index (χ3n) is 7.04. The van der Waals surface area contributed by atoms with Gasteiger partial charge in [-0.1, -0.05) is 19.9 Å². The van der Waals surface area contributed by atoms with Gasteiger partial charge < -0.3 is 4.90 Å². The van der Waals surface area contributed by atoms with Crippen LogP contribution in [0.3, 0.4) is 0 Å². The van der Waals surface area contributed by atoms with Crippen molar-refractivity contribution in [1.29, 1.82) is 0 Å². The lowest BCUT2D eigenvalue weighted by Crippen LogP contribution is -2.50. The van der Waals surface area contributed by atoms with Crippen LogP contribution < -0.4 is 0 Å². The molecule has 0 atom stereocenters. The van der Waals surface area contributed by atoms with Gasteiger partial charge in [-0.3, -0.25) is 9.48 Å². The Hall–Kier alpha value is -2.78. The molecule has 34 heavy (non-hydrogen) atoms. The molecule has 180 valence electrons. The Morgan fingerprint density at radius 2 is 1.74 bits per heavy atom. The first-order valence-corrected chi connectivity index (χ1v) is 13.4. The Kier molecular flexibility index (Phi) is 5.72. The Morgan fingerprint density at radius 3 is 2.44 bits per heavy atom. The van der Waals surface area contributed by atoms with Crippen molar-refractivity contribution in [3.8, 4) is 0 Å². The highest BCUT2D eigenvalue weighted by atomic mass is 32.2. The second-order valence-electron chi connectivity index (χ2n) is 9.64. The SMILES string of the molecule is Cc1nn(C)c2nc(C(C)C)cc(C(=O)N3CCN(S(=O)(=O)c4ccc5c(c4)CCC5)CC3)c12. The molecule has 0 saturated carbocycles. The fourth-order valence-corrected chi connectivity index (χ4v) is 6.56. The summed E-state index contributed by atoms with van der Waals surface area (Å²) in [5.74, 6) is 0.0699. The zero-order chi connectivity index (χ0) is 24.2. The molecule has 0 unspecified atom stereocenters. The highest BCUT2D eigenvalue weighted by Gasteiger charge is 2.32. The van der Waals surface area contributed by atoms with Crippen LogP contribution in [-0.4, -0.2) is 64.5 Å². The summed E-state index contributed by atoms with van der Waals surface area (Å²) in [5, 5.41) is 5.25. The van der Waals surface area contributed by atoms with Gasteiger partial charge in [0.15, 0.2) is 5.65 Å². The monoisotopic (exact) mass is 481 g/mol. The van der Waals surface area contributed by atoms with E-state index in [-0.39, 0.29) is 24.9 Å². The maximum absolute atomic E-state index is 13.6. The number of pyridine rings is 1. The van der Waals surface area contributed by atoms with E-state index in [0.29, 0.717) is 29.2 Å². The van der Waals surface area contributed by atoms with Crippen molar-refractivity contribution in [3.63, 3.8) is 0 Å². The number of carbonyl (C=O) groups excluding carboxylic acids is 1. The van der Waals surface area contributed by atoms with E-state index in [2.05, 4.69) is 5.10 Å². The molecule has 1 aliphatic heterocycles. The van der Waals surface area contributed by atoms with Gasteiger partial charge in [0.25, 0.3) is 5.91 Å². The van der Waals surface area contributed by atoms with Crippen LogP contribution in [-0.2, 0) is 29.9 Å². The van der Waals surface area contributed by atoms with Crippen molar-refractivity contribution < 1.29 is 13.2 Å². The van der Waals surface area contributed by atoms with E-state index >= 15 is 0 Å². The van der Waals surface area contributed by atoms with Gasteiger partial charge in [-0.25, -0.2) is 13.4 Å². The zero-order valence-electron chi connectivity index (χ0n) is 20.2. The molecule has 8 nitrogen and oxygen atoms in total. The van der Waals surface area contributed by atoms with Crippen LogP contribution in [0.15, 0.2) is 29.2 Å². The number of fused-ring (bicyclic) bond motifs is 2. The Labute approximate surface area is 200 Å². The first-order valence-electron chi connectivity index (χ1n) is 11.9. The van der Waals surface area contributed by atoms with Crippen molar-refractivity contribution in [2.45, 2.75) is 50.8 Å². The number of aromatic nitrogens is 3. The number of aryl methyl sites for hydroxylation is 4. The number of nitrogens with zero attached hydrogens (tertiary/aromatic N) is 5. The van der Waals surface area contributed by atoms with Gasteiger partial charge in [-0.2, -0.15) is 9.40 Å². The largest absolute Gasteiger partial charge is 0.336 e. The van der Waals surface area contributed by atoms with Crippen LogP contribution in [0, 0.1) is 6.92 Å². The highest BCUT2D eigenvalue weighted by molar-refractivity contribution is 7.89. The predicted molar refractivity (Wildman–Crippen MR) is 130 cm³/mol. The molecule has 0 spiro atoms. The van der Waals surface area contributed by atoms with Gasteiger partial charge in [-0.05, 0) is 61.4 Å². The van der Waals surface area contributed by atoms with Crippen LogP contribution >= 0.6 is 0 Å². The number of benzene rings is 1. The van der Waals surface area contributed by atoms with Crippen molar-refractivity contribution in [2.24, 2.45) is 7.05 Å². The molecular formula is C25H31N5O3S. The summed E-state index contributed by atoms with van der Waals surface area (Å²) in [4.78, 5) is 20.4. The quantitative estimate of drug-likeness (QED) is 0.572. The average molecular weight is 482 g/mol. The molecule has 1 aromatic carbocycles. The van der Waals surface area contributed by atoms with Crippen molar-refractivity contribution >= 4 is 27.0 Å². The van der Waals surface area contributed by atoms with E-state index in [1.807, 2.05) is 46.0 Å². The summed E-state index contributed by atoms with van der Waals surface area (Å²) in [7, 11) is -1.74. The Bertz CT molecular complexity index is 1390. The molecule has 0 N–H and O–H groups in total. The molecule has 0 radical (unpaired) electrons. The van der Waals surface area contributed by atoms with Crippen LogP contribution in [0.2, 0.25) is 0 Å². The minimum Gasteiger partial charge on any atom is -0.336 e. The minimum absolute atomic E-state index is 0.0972. The molecule has 5 rings (SSSR count). The summed E-state index contributed by atoms with van der Waals surface area (Å²) in [6.45, 7) is 7.25. The Morgan fingerprint density at radius 1 is 1.03 bits per heavy atom. The number of sulfonamides is 1. The van der Waals surface area contributed by atoms with Crippen LogP contribution in [0.1, 0.15) is 59.1 Å². The highest BCUT2D eigenvalue weighted by Crippen LogP contribution is 2.28. The second kappa shape index (κ2) is 8.46. The first-order chi connectivity index (χ1) is 16.2. The molecule has 1 fully saturated rings. The molecule has 2 aliphatic rings. The lowest BCUT2D eigenvalue weighted by Gasteiger charge is -2.34. The lowest BCUT2D eigenvalue weighted by atomic mass is 10.0. The minimum atomic E-state index is -3.58. The zero-order valence-corrected chi connectivity index (χ0v) is 21.0. The number of hydrogen-bond acceptors (Lipinski definition) is 5. The molecule has 2 aromatic heterocycles. The average Bonchev–Trinajstić information content (AvgIpc) is 3.41. The van der Waals surface area contributed by atoms with Gasteiger partial charge in [-0.15, -0.1) is 0 Å². The standard InChI is InChI=1S/C25H31N5O3S/c1-16(2)22-15-21(23-17(3)27-28(4)24(23)26-22)25(31)29-10-12-30(13-11-29)34(32,33)20-9-8-18-6-5-7-19(18)14-20/h8-9,14-16H,5-7,10-13H2,1-4H3. The number of carbonyl (C=O) groups is 1. The fourth-order valence-electron chi connectivity index (χ4n) is 5.09. The molecule has 1 aliphatic carbocycles. The Balaban J connectivity index is 1.38. The van der Waals surface area contributed by atoms with Gasteiger partial charge in [0.05, 0.1) is 21.5 Å². The third-order valence-corrected chi connectivity index (χ3v) is 8.94. The predicted octanol–water partition coefficient (Wildman–Crippen LogP) is 3.04. The van der Waals surface area contributed by atoms with Gasteiger partial charge in [0, 0.05) is 38.9 Å². The van der Waals surface area contributed by atoms with E-state index in [0.717, 1.165) is 41.6 Å². The van der Waals surface area contributed by atoms with E-state index < -0.39 is 10.0 Å². The number of hydrogen-bond donors (Lipinski definition) is 0. The first kappa shape index (κ1) is 23.0. The van der Waals surface area contributed by atoms with Crippen LogP contribution in [0.5, 0.6) is 0 Å². The molecule has 0 bridgehead atoms. The lowest BCUT2D eigenvalue weighted by molar-refractivity contribution is 0.0699. The third kappa shape index (κ3) is 3.80. The summed E-state index contributed by atoms with van der Waals surface area (Å²) < 4.78 is 29.8. The van der Waals surface area contributed by atoms with Crippen molar-refractivity contribution in [1.82, 2.24) is 24.0 Å². The molecule has 3 aromatic rings. The van der Waals surface area contributed by atoms with Gasteiger partial charge in [0.1, 0.15) is 0 Å². The fraction of sp³-hybridized carbons (Fsp3) is 0.480. The number of amides is 1. The summed E-state index contributed by atoms with van der Waals surface area (Å²) in [5.41, 5.74) is 5.30. The number of rotatable bonds is 4. The van der Waals surface area contributed by atoms with Crippen molar-refractivity contribution in [3.05, 3.63) is 52.3 Å². The summed E-state index contributed by atoms with van der Waals surface area (Å²) >= 11 is 0. The smallest absolute Gasteiger partial charge is 0.254 e. The molecule has 1 amide bonds. The molecule has 1 saturated heterocycles. The summed E-state index contributed by atoms with van der Waals surface area (Å²) in [6.07, 6.45) is 3.04. The summed E-state index contributed by atoms with van der Waals surface area (Å²) in [6, 6.07) is 7.38. The van der Waals surface area contributed by atoms with Crippen molar-refractivity contribution in [2.75, 3.05) is 26.2 Å². The van der Waals surface area contributed by atoms with Gasteiger partial charge in [0.2, 0.25) is 10.0 Å². The van der Waals surface area contributed by atoms with Gasteiger partial charge >= 0.3 is 0 Å². The van der Waals surface area contributed by atoms with E-state index in [1.165, 1.54) is 9.87 Å². The van der Waals surface area contributed by atoms with E-state index in [4.69, 9.17) is 4.98 Å². The van der Waals surface area contributed by atoms with E-state index in [1.54, 1.807) is 15.6 Å². The van der Waals surface area contributed by atoms with E-state index in [9.17, 15) is 13.2 Å². The second-order valence-corrected chi connectivity index (χ2v) is 11.6. The maximum Gasteiger partial charge on any atom is 0.254 e. The molecular weight excluding hydrogens is 450 g/mol. The molecule has 3 heterocycles. The maximum atomic E-state index is 13.6. The normalized spacial score (nSPS) is 17.0. The number of piperazine rings is 1. The van der Waals surface area contributed by atoms with Crippen LogP contribution in [0.25, 0.3) is 11.0 Å². The molecule has 9 heteroatoms. The van der Waals surface area contributed by atoms with Crippen LogP contribution in [0.4, 0.5) is 0 Å². The topological polar surface area (TPSA) is 88.4 Å².